The van der Waals surface area contributed by atoms with E-state index in [9.17, 15) is 14.7 Å². The van der Waals surface area contributed by atoms with Crippen LogP contribution in [0.3, 0.4) is 0 Å². The van der Waals surface area contributed by atoms with Crippen molar-refractivity contribution in [3.05, 3.63) is 65.2 Å². The van der Waals surface area contributed by atoms with Gasteiger partial charge in [-0.2, -0.15) is 0 Å². The van der Waals surface area contributed by atoms with E-state index in [1.165, 1.54) is 0 Å². The van der Waals surface area contributed by atoms with Crippen LogP contribution in [0.15, 0.2) is 48.5 Å². The first kappa shape index (κ1) is 19.8. The number of rotatable bonds is 5. The van der Waals surface area contributed by atoms with E-state index in [1.807, 2.05) is 31.2 Å². The van der Waals surface area contributed by atoms with Gasteiger partial charge in [-0.25, -0.2) is 0 Å². The van der Waals surface area contributed by atoms with E-state index in [4.69, 9.17) is 0 Å². The van der Waals surface area contributed by atoms with Crippen molar-refractivity contribution in [3.63, 3.8) is 0 Å². The van der Waals surface area contributed by atoms with Crippen LogP contribution in [0.5, 0.6) is 0 Å². The van der Waals surface area contributed by atoms with Gasteiger partial charge in [-0.15, -0.1) is 0 Å². The van der Waals surface area contributed by atoms with Crippen molar-refractivity contribution in [2.45, 2.75) is 18.9 Å². The number of piperazine rings is 1. The third-order valence-electron chi connectivity index (χ3n) is 5.97. The second kappa shape index (κ2) is 7.71. The number of nitrogens with zero attached hydrogens (tertiary/aromatic N) is 3. The Morgan fingerprint density at radius 3 is 2.38 bits per heavy atom. The summed E-state index contributed by atoms with van der Waals surface area (Å²) in [5.41, 5.74) is 0.938. The number of hydrogen-bond acceptors (Lipinski definition) is 5. The van der Waals surface area contributed by atoms with Crippen molar-refractivity contribution < 1.29 is 14.7 Å². The van der Waals surface area contributed by atoms with Crippen molar-refractivity contribution in [2.75, 3.05) is 44.8 Å². The summed E-state index contributed by atoms with van der Waals surface area (Å²) in [4.78, 5) is 32.3. The van der Waals surface area contributed by atoms with E-state index < -0.39 is 11.5 Å². The average molecular weight is 393 g/mol. The number of hydrogen-bond donors (Lipinski definition) is 1. The van der Waals surface area contributed by atoms with Crippen molar-refractivity contribution in [3.8, 4) is 0 Å². The van der Waals surface area contributed by atoms with Crippen LogP contribution in [0.1, 0.15) is 27.9 Å². The first-order valence-corrected chi connectivity index (χ1v) is 10.0. The molecule has 1 N–H and O–H groups in total. The number of anilines is 1. The zero-order chi connectivity index (χ0) is 20.6. The second-order valence-electron chi connectivity index (χ2n) is 8.14. The topological polar surface area (TPSA) is 64.1 Å². The molecule has 6 nitrogen and oxygen atoms in total. The molecule has 2 aliphatic rings. The molecule has 2 heterocycles. The van der Waals surface area contributed by atoms with Gasteiger partial charge in [-0.1, -0.05) is 48.0 Å². The van der Waals surface area contributed by atoms with Gasteiger partial charge >= 0.3 is 0 Å². The minimum Gasteiger partial charge on any atom is -0.375 e. The van der Waals surface area contributed by atoms with Crippen LogP contribution in [-0.2, 0) is 10.4 Å². The summed E-state index contributed by atoms with van der Waals surface area (Å²) in [6, 6.07) is 14.5. The molecule has 1 unspecified atom stereocenters. The van der Waals surface area contributed by atoms with E-state index in [1.54, 1.807) is 29.2 Å². The maximum atomic E-state index is 13.3. The fraction of sp³-hybridized carbons (Fsp3) is 0.391. The number of Topliss-reactive ketones (excluding diaryl/α,β-unsaturated/α-hetero) is 1. The quantitative estimate of drug-likeness (QED) is 0.788. The van der Waals surface area contributed by atoms with Gasteiger partial charge in [0.15, 0.2) is 11.4 Å². The second-order valence-corrected chi connectivity index (χ2v) is 8.14. The Bertz CT molecular complexity index is 919. The van der Waals surface area contributed by atoms with Crippen LogP contribution < -0.4 is 4.90 Å². The molecule has 2 aromatic carbocycles. The zero-order valence-corrected chi connectivity index (χ0v) is 17.0. The molecule has 0 spiro atoms. The standard InChI is InChI=1S/C23H27N3O3/c1-17-7-9-18(10-8-17)21(27)15-23(29)19-5-3-4-6-20(19)26(22(23)28)16-25-13-11-24(2)12-14-25/h3-10,29H,11-16H2,1-2H3. The number of aryl methyl sites for hydroxylation is 1. The average Bonchev–Trinajstić information content (AvgIpc) is 2.92. The third-order valence-corrected chi connectivity index (χ3v) is 5.97. The lowest BCUT2D eigenvalue weighted by Gasteiger charge is -2.35. The minimum absolute atomic E-state index is 0.239. The van der Waals surface area contributed by atoms with Crippen LogP contribution in [0.25, 0.3) is 0 Å². The van der Waals surface area contributed by atoms with Crippen molar-refractivity contribution >= 4 is 17.4 Å². The smallest absolute Gasteiger partial charge is 0.265 e. The highest BCUT2D eigenvalue weighted by molar-refractivity contribution is 6.10. The van der Waals surface area contributed by atoms with Crippen molar-refractivity contribution in [1.29, 1.82) is 0 Å². The molecule has 0 aromatic heterocycles. The van der Waals surface area contributed by atoms with Crippen LogP contribution in [0, 0.1) is 6.92 Å². The highest BCUT2D eigenvalue weighted by Crippen LogP contribution is 2.42. The van der Waals surface area contributed by atoms with Gasteiger partial charge in [0.2, 0.25) is 0 Å². The first-order valence-electron chi connectivity index (χ1n) is 10.0. The minimum atomic E-state index is -1.83. The Morgan fingerprint density at radius 2 is 1.69 bits per heavy atom. The first-order chi connectivity index (χ1) is 13.9. The Morgan fingerprint density at radius 1 is 1.03 bits per heavy atom. The molecule has 0 aliphatic carbocycles. The lowest BCUT2D eigenvalue weighted by Crippen LogP contribution is -2.51. The summed E-state index contributed by atoms with van der Waals surface area (Å²) >= 11 is 0. The molecule has 0 radical (unpaired) electrons. The molecule has 0 saturated carbocycles. The molecule has 0 bridgehead atoms. The van der Waals surface area contributed by atoms with E-state index in [2.05, 4.69) is 16.8 Å². The maximum Gasteiger partial charge on any atom is 0.265 e. The van der Waals surface area contributed by atoms with E-state index >= 15 is 0 Å². The number of carbonyl (C=O) groups excluding carboxylic acids is 2. The molecular formula is C23H27N3O3. The molecule has 4 rings (SSSR count). The van der Waals surface area contributed by atoms with Crippen LogP contribution in [0.2, 0.25) is 0 Å². The summed E-state index contributed by atoms with van der Waals surface area (Å²) in [7, 11) is 2.09. The SMILES string of the molecule is Cc1ccc(C(=O)CC2(O)C(=O)N(CN3CCN(C)CC3)c3ccccc32)cc1. The number of carbonyl (C=O) groups is 2. The Labute approximate surface area is 171 Å². The largest absolute Gasteiger partial charge is 0.375 e. The third kappa shape index (κ3) is 3.71. The number of benzene rings is 2. The van der Waals surface area contributed by atoms with Crippen molar-refractivity contribution in [2.24, 2.45) is 0 Å². The van der Waals surface area contributed by atoms with Gasteiger partial charge < -0.3 is 10.0 Å². The fourth-order valence-corrected chi connectivity index (χ4v) is 4.08. The molecule has 152 valence electrons. The Balaban J connectivity index is 1.59. The highest BCUT2D eigenvalue weighted by atomic mass is 16.3. The van der Waals surface area contributed by atoms with Gasteiger partial charge in [0.05, 0.1) is 18.8 Å². The van der Waals surface area contributed by atoms with Gasteiger partial charge in [-0.05, 0) is 20.0 Å². The monoisotopic (exact) mass is 393 g/mol. The predicted molar refractivity (Wildman–Crippen MR) is 112 cm³/mol. The number of fused-ring (bicyclic) bond motifs is 1. The van der Waals surface area contributed by atoms with Crippen LogP contribution in [-0.4, -0.2) is 66.5 Å². The van der Waals surface area contributed by atoms with E-state index in [0.717, 1.165) is 31.7 Å². The highest BCUT2D eigenvalue weighted by Gasteiger charge is 2.51. The molecule has 1 fully saturated rings. The van der Waals surface area contributed by atoms with Crippen molar-refractivity contribution in [1.82, 2.24) is 9.80 Å². The summed E-state index contributed by atoms with van der Waals surface area (Å²) in [6.45, 7) is 5.99. The number of para-hydroxylation sites is 1. The lowest BCUT2D eigenvalue weighted by atomic mass is 9.88. The molecule has 2 aliphatic heterocycles. The van der Waals surface area contributed by atoms with Crippen LogP contribution in [0.4, 0.5) is 5.69 Å². The molecule has 6 heteroatoms. The number of aliphatic hydroxyl groups is 1. The summed E-state index contributed by atoms with van der Waals surface area (Å²) < 4.78 is 0. The zero-order valence-electron chi connectivity index (χ0n) is 17.0. The van der Waals surface area contributed by atoms with E-state index in [-0.39, 0.29) is 12.2 Å². The Hall–Kier alpha value is -2.54. The van der Waals surface area contributed by atoms with Gasteiger partial charge in [0, 0.05) is 37.3 Å². The normalized spacial score (nSPS) is 22.7. The maximum absolute atomic E-state index is 13.3. The predicted octanol–water partition coefficient (Wildman–Crippen LogP) is 2.01. The lowest BCUT2D eigenvalue weighted by molar-refractivity contribution is -0.136. The fourth-order valence-electron chi connectivity index (χ4n) is 4.08. The van der Waals surface area contributed by atoms with E-state index in [0.29, 0.717) is 23.5 Å². The molecule has 2 aromatic rings. The molecular weight excluding hydrogens is 366 g/mol. The molecule has 1 atom stereocenters. The summed E-state index contributed by atoms with van der Waals surface area (Å²) in [5.74, 6) is -0.657. The molecule has 1 saturated heterocycles. The molecule has 29 heavy (non-hydrogen) atoms. The van der Waals surface area contributed by atoms with Gasteiger partial charge in [0.1, 0.15) is 0 Å². The number of likely N-dealkylation sites (N-methyl/N-ethyl adjacent to an activating group) is 1. The van der Waals surface area contributed by atoms with Gasteiger partial charge in [0.25, 0.3) is 5.91 Å². The summed E-state index contributed by atoms with van der Waals surface area (Å²) in [5, 5.41) is 11.4. The summed E-state index contributed by atoms with van der Waals surface area (Å²) in [6.07, 6.45) is -0.259. The van der Waals surface area contributed by atoms with Crippen LogP contribution >= 0.6 is 0 Å². The molecule has 1 amide bonds. The number of amides is 1. The van der Waals surface area contributed by atoms with Gasteiger partial charge in [-0.3, -0.25) is 19.4 Å². The Kier molecular flexibility index (Phi) is 5.25. The number of ketones is 1.